The Bertz CT molecular complexity index is 609. The molecule has 0 aliphatic rings. The Balaban J connectivity index is 3.02. The van der Waals surface area contributed by atoms with Gasteiger partial charge in [-0.1, -0.05) is 11.6 Å². The Labute approximate surface area is 112 Å². The molecule has 2 N–H and O–H groups in total. The van der Waals surface area contributed by atoms with Crippen molar-refractivity contribution in [3.05, 3.63) is 28.4 Å². The second-order valence-corrected chi connectivity index (χ2v) is 5.62. The van der Waals surface area contributed by atoms with Crippen LogP contribution in [0.5, 0.6) is 5.75 Å². The average Bonchev–Trinajstić information content (AvgIpc) is 2.54. The molecule has 1 aromatic heterocycles. The van der Waals surface area contributed by atoms with Crippen LogP contribution in [0.4, 0.5) is 0 Å². The lowest BCUT2D eigenvalue weighted by molar-refractivity contribution is 0.418. The summed E-state index contributed by atoms with van der Waals surface area (Å²) in [5.74, 6) is 0.815. The van der Waals surface area contributed by atoms with Crippen molar-refractivity contribution in [3.63, 3.8) is 0 Å². The zero-order chi connectivity index (χ0) is 13.7. The molecular weight excluding hydrogens is 248 g/mol. The van der Waals surface area contributed by atoms with Crippen molar-refractivity contribution >= 4 is 22.5 Å². The lowest BCUT2D eigenvalue weighted by Crippen LogP contribution is -2.29. The van der Waals surface area contributed by atoms with Crippen molar-refractivity contribution in [2.45, 2.75) is 26.3 Å². The molecule has 0 bridgehead atoms. The molecule has 18 heavy (non-hydrogen) atoms. The number of hydrogen-bond donors (Lipinski definition) is 1. The minimum atomic E-state index is -0.445. The van der Waals surface area contributed by atoms with Gasteiger partial charge in [-0.25, -0.2) is 0 Å². The van der Waals surface area contributed by atoms with Gasteiger partial charge in [-0.2, -0.15) is 0 Å². The zero-order valence-corrected chi connectivity index (χ0v) is 12.2. The van der Waals surface area contributed by atoms with Gasteiger partial charge in [0, 0.05) is 29.2 Å². The number of rotatable bonds is 2. The van der Waals surface area contributed by atoms with Crippen LogP contribution in [0.1, 0.15) is 25.1 Å². The van der Waals surface area contributed by atoms with Crippen molar-refractivity contribution in [3.8, 4) is 5.75 Å². The van der Waals surface area contributed by atoms with Gasteiger partial charge in [0.2, 0.25) is 0 Å². The fourth-order valence-corrected chi connectivity index (χ4v) is 2.83. The Morgan fingerprint density at radius 2 is 1.94 bits per heavy atom. The van der Waals surface area contributed by atoms with Crippen molar-refractivity contribution < 1.29 is 4.74 Å². The van der Waals surface area contributed by atoms with Gasteiger partial charge in [0.1, 0.15) is 5.75 Å². The molecule has 0 aliphatic heterocycles. The van der Waals surface area contributed by atoms with Gasteiger partial charge < -0.3 is 15.0 Å². The average molecular weight is 267 g/mol. The molecule has 0 saturated heterocycles. The first kappa shape index (κ1) is 13.2. The van der Waals surface area contributed by atoms with Crippen LogP contribution in [0.25, 0.3) is 10.9 Å². The third-order valence-electron chi connectivity index (χ3n) is 3.40. The van der Waals surface area contributed by atoms with Crippen LogP contribution in [0.3, 0.4) is 0 Å². The van der Waals surface area contributed by atoms with E-state index in [1.54, 1.807) is 7.11 Å². The predicted octanol–water partition coefficient (Wildman–Crippen LogP) is 3.34. The molecule has 0 fully saturated rings. The summed E-state index contributed by atoms with van der Waals surface area (Å²) in [5, 5.41) is 1.70. The fraction of sp³-hybridized carbons (Fsp3) is 0.429. The molecule has 1 heterocycles. The Morgan fingerprint density at radius 1 is 1.33 bits per heavy atom. The maximum Gasteiger partial charge on any atom is 0.143 e. The molecule has 1 aromatic carbocycles. The summed E-state index contributed by atoms with van der Waals surface area (Å²) in [6, 6.07) is 3.74. The number of nitrogens with zero attached hydrogens (tertiary/aromatic N) is 1. The fourth-order valence-electron chi connectivity index (χ4n) is 2.59. The molecule has 2 rings (SSSR count). The van der Waals surface area contributed by atoms with E-state index >= 15 is 0 Å². The number of aromatic nitrogens is 1. The summed E-state index contributed by atoms with van der Waals surface area (Å²) in [4.78, 5) is 0. The highest BCUT2D eigenvalue weighted by atomic mass is 35.5. The minimum absolute atomic E-state index is 0.445. The van der Waals surface area contributed by atoms with Crippen LogP contribution in [-0.2, 0) is 12.6 Å². The van der Waals surface area contributed by atoms with E-state index in [9.17, 15) is 0 Å². The topological polar surface area (TPSA) is 40.2 Å². The molecule has 0 atom stereocenters. The predicted molar refractivity (Wildman–Crippen MR) is 76.4 cm³/mol. The largest absolute Gasteiger partial charge is 0.495 e. The van der Waals surface area contributed by atoms with Gasteiger partial charge in [-0.05, 0) is 32.9 Å². The second kappa shape index (κ2) is 4.18. The molecular formula is C14H19ClN2O. The van der Waals surface area contributed by atoms with E-state index in [2.05, 4.69) is 11.5 Å². The van der Waals surface area contributed by atoms with E-state index in [0.29, 0.717) is 5.02 Å². The number of nitrogens with two attached hydrogens (primary N) is 1. The summed E-state index contributed by atoms with van der Waals surface area (Å²) in [6.07, 6.45) is 0. The van der Waals surface area contributed by atoms with E-state index in [4.69, 9.17) is 22.1 Å². The van der Waals surface area contributed by atoms with Crippen LogP contribution in [0.15, 0.2) is 12.1 Å². The number of halogens is 1. The Hall–Kier alpha value is -1.19. The lowest BCUT2D eigenvalue weighted by Gasteiger charge is -2.20. The maximum absolute atomic E-state index is 6.36. The van der Waals surface area contributed by atoms with Crippen molar-refractivity contribution in [2.24, 2.45) is 12.8 Å². The van der Waals surface area contributed by atoms with Gasteiger partial charge in [0.15, 0.2) is 0 Å². The first-order valence-corrected chi connectivity index (χ1v) is 6.27. The van der Waals surface area contributed by atoms with Crippen LogP contribution >= 0.6 is 11.6 Å². The first-order chi connectivity index (χ1) is 8.29. The van der Waals surface area contributed by atoms with E-state index in [0.717, 1.165) is 27.9 Å². The number of aryl methyl sites for hydroxylation is 1. The van der Waals surface area contributed by atoms with Gasteiger partial charge in [0.25, 0.3) is 0 Å². The van der Waals surface area contributed by atoms with Crippen molar-refractivity contribution in [1.82, 2.24) is 4.57 Å². The van der Waals surface area contributed by atoms with Crippen molar-refractivity contribution in [2.75, 3.05) is 7.11 Å². The summed E-state index contributed by atoms with van der Waals surface area (Å²) in [6.45, 7) is 6.04. The Morgan fingerprint density at radius 3 is 2.44 bits per heavy atom. The summed E-state index contributed by atoms with van der Waals surface area (Å²) in [5.41, 5.74) is 9.02. The third-order valence-corrected chi connectivity index (χ3v) is 3.72. The molecule has 98 valence electrons. The van der Waals surface area contributed by atoms with Crippen molar-refractivity contribution in [1.29, 1.82) is 0 Å². The van der Waals surface area contributed by atoms with Gasteiger partial charge in [-0.3, -0.25) is 0 Å². The second-order valence-electron chi connectivity index (χ2n) is 5.21. The number of benzene rings is 1. The van der Waals surface area contributed by atoms with E-state index in [1.165, 1.54) is 0 Å². The summed E-state index contributed by atoms with van der Waals surface area (Å²) >= 11 is 6.36. The van der Waals surface area contributed by atoms with Gasteiger partial charge >= 0.3 is 0 Å². The zero-order valence-electron chi connectivity index (χ0n) is 11.5. The highest BCUT2D eigenvalue weighted by Gasteiger charge is 2.26. The monoisotopic (exact) mass is 266 g/mol. The standard InChI is InChI=1S/C14H19ClN2O/c1-8-12(14(2,3)16)11-9(15)6-7-10(18-5)13(11)17(8)4/h6-7H,16H2,1-5H3. The van der Waals surface area contributed by atoms with Gasteiger partial charge in [0.05, 0.1) is 17.6 Å². The molecule has 3 nitrogen and oxygen atoms in total. The van der Waals surface area contributed by atoms with E-state index in [-0.39, 0.29) is 0 Å². The SMILES string of the molecule is COc1ccc(Cl)c2c(C(C)(C)N)c(C)n(C)c12. The minimum Gasteiger partial charge on any atom is -0.495 e. The molecule has 0 amide bonds. The smallest absolute Gasteiger partial charge is 0.143 e. The quantitative estimate of drug-likeness (QED) is 0.906. The highest BCUT2D eigenvalue weighted by molar-refractivity contribution is 6.36. The van der Waals surface area contributed by atoms with Crippen LogP contribution < -0.4 is 10.5 Å². The number of methoxy groups -OCH3 is 1. The maximum atomic E-state index is 6.36. The molecule has 0 spiro atoms. The lowest BCUT2D eigenvalue weighted by atomic mass is 9.92. The molecule has 0 radical (unpaired) electrons. The highest BCUT2D eigenvalue weighted by Crippen LogP contribution is 2.40. The van der Waals surface area contributed by atoms with Crippen LogP contribution in [-0.4, -0.2) is 11.7 Å². The van der Waals surface area contributed by atoms with Gasteiger partial charge in [-0.15, -0.1) is 0 Å². The Kier molecular flexibility index (Phi) is 3.07. The third kappa shape index (κ3) is 1.78. The van der Waals surface area contributed by atoms with Crippen LogP contribution in [0, 0.1) is 6.92 Å². The first-order valence-electron chi connectivity index (χ1n) is 5.90. The van der Waals surface area contributed by atoms with E-state index in [1.807, 2.05) is 33.0 Å². The molecule has 4 heteroatoms. The molecule has 2 aromatic rings. The summed E-state index contributed by atoms with van der Waals surface area (Å²) < 4.78 is 7.51. The van der Waals surface area contributed by atoms with Crippen LogP contribution in [0.2, 0.25) is 5.02 Å². The summed E-state index contributed by atoms with van der Waals surface area (Å²) in [7, 11) is 3.67. The molecule has 0 unspecified atom stereocenters. The number of fused-ring (bicyclic) bond motifs is 1. The van der Waals surface area contributed by atoms with E-state index < -0.39 is 5.54 Å². The molecule has 0 saturated carbocycles. The number of hydrogen-bond acceptors (Lipinski definition) is 2. The molecule has 0 aliphatic carbocycles. The normalized spacial score (nSPS) is 12.2. The number of ether oxygens (including phenoxy) is 1.